The summed E-state index contributed by atoms with van der Waals surface area (Å²) in [6.07, 6.45) is 6.08. The first-order valence-electron chi connectivity index (χ1n) is 14.3. The van der Waals surface area contributed by atoms with Crippen LogP contribution in [0.2, 0.25) is 0 Å². The fraction of sp³-hybridized carbons (Fsp3) is 0.189. The third-order valence-electron chi connectivity index (χ3n) is 8.40. The highest BCUT2D eigenvalue weighted by Gasteiger charge is 2.27. The number of allylic oxidation sites excluding steroid dienone is 4. The summed E-state index contributed by atoms with van der Waals surface area (Å²) < 4.78 is 1.96. The molecule has 0 amide bonds. The topological polar surface area (TPSA) is 74.6 Å². The van der Waals surface area contributed by atoms with Crippen LogP contribution in [0.25, 0.3) is 11.1 Å². The van der Waals surface area contributed by atoms with Gasteiger partial charge in [0.15, 0.2) is 11.6 Å². The van der Waals surface area contributed by atoms with E-state index in [0.717, 1.165) is 53.5 Å². The summed E-state index contributed by atoms with van der Waals surface area (Å²) in [7, 11) is 0. The molecule has 2 aliphatic rings. The van der Waals surface area contributed by atoms with Crippen molar-refractivity contribution in [1.29, 1.82) is 0 Å². The van der Waals surface area contributed by atoms with E-state index in [0.29, 0.717) is 32.1 Å². The monoisotopic (exact) mass is 696 g/mol. The molecule has 6 rings (SSSR count). The molecule has 0 bridgehead atoms. The number of phenols is 2. The lowest BCUT2D eigenvalue weighted by Crippen LogP contribution is -2.13. The van der Waals surface area contributed by atoms with E-state index in [2.05, 4.69) is 31.9 Å². The van der Waals surface area contributed by atoms with Crippen molar-refractivity contribution in [2.24, 2.45) is 0 Å². The van der Waals surface area contributed by atoms with E-state index in [4.69, 9.17) is 0 Å². The Labute approximate surface area is 268 Å². The summed E-state index contributed by atoms with van der Waals surface area (Å²) in [5.74, 6) is 0.254. The van der Waals surface area contributed by atoms with Crippen LogP contribution in [0.15, 0.2) is 106 Å². The minimum Gasteiger partial charge on any atom is -0.508 e. The number of carbonyl (C=O) groups excluding carboxylic acids is 2. The van der Waals surface area contributed by atoms with Crippen LogP contribution in [0.4, 0.5) is 0 Å². The molecule has 0 heterocycles. The molecule has 216 valence electrons. The summed E-state index contributed by atoms with van der Waals surface area (Å²) in [5, 5.41) is 21.7. The van der Waals surface area contributed by atoms with Crippen LogP contribution in [0.5, 0.6) is 11.5 Å². The van der Waals surface area contributed by atoms with Crippen molar-refractivity contribution < 1.29 is 19.8 Å². The maximum Gasteiger partial charge on any atom is 0.156 e. The van der Waals surface area contributed by atoms with Crippen molar-refractivity contribution in [3.63, 3.8) is 0 Å². The minimum absolute atomic E-state index is 0.0562. The van der Waals surface area contributed by atoms with E-state index in [1.54, 1.807) is 24.3 Å². The highest BCUT2D eigenvalue weighted by atomic mass is 79.9. The van der Waals surface area contributed by atoms with Crippen LogP contribution in [0.3, 0.4) is 0 Å². The number of phenolic OH excluding ortho intramolecular Hbond substituents is 2. The van der Waals surface area contributed by atoms with Crippen LogP contribution in [0.1, 0.15) is 70.9 Å². The zero-order valence-corrected chi connectivity index (χ0v) is 26.6. The van der Waals surface area contributed by atoms with Gasteiger partial charge in [-0.05, 0) is 124 Å². The summed E-state index contributed by atoms with van der Waals surface area (Å²) in [6, 6.07) is 27.1. The maximum atomic E-state index is 12.7. The molecule has 4 aromatic carbocycles. The second-order valence-electron chi connectivity index (χ2n) is 11.5. The van der Waals surface area contributed by atoms with Crippen molar-refractivity contribution >= 4 is 54.6 Å². The molecular weight excluding hydrogens is 668 g/mol. The molecule has 2 aliphatic carbocycles. The van der Waals surface area contributed by atoms with Gasteiger partial charge in [-0.25, -0.2) is 0 Å². The molecule has 2 N–H and O–H groups in total. The van der Waals surface area contributed by atoms with Gasteiger partial charge in [0.05, 0.1) is 0 Å². The number of carbonyl (C=O) groups is 2. The second-order valence-corrected chi connectivity index (χ2v) is 13.3. The standard InChI is InChI=1S/C37H30Br2O4/c38-30-7-3-24(4-8-30)26-16-28(20-32(40)18-26)34-14-22(1-11-36(34)42)13-23-2-12-37(43)35(15-23)29-17-27(19-33(41)21-29)25-5-9-31(39)10-6-25/h1-12,14-15,18-19,28-29,42-43H,13,16-17,20-21H2. The maximum absolute atomic E-state index is 12.7. The Bertz CT molecular complexity index is 1640. The molecule has 0 spiro atoms. The van der Waals surface area contributed by atoms with Crippen molar-refractivity contribution in [1.82, 2.24) is 0 Å². The Kier molecular flexibility index (Phi) is 8.51. The van der Waals surface area contributed by atoms with Gasteiger partial charge in [-0.15, -0.1) is 0 Å². The summed E-state index contributed by atoms with van der Waals surface area (Å²) in [4.78, 5) is 25.5. The largest absolute Gasteiger partial charge is 0.508 e. The molecule has 0 fully saturated rings. The van der Waals surface area contributed by atoms with E-state index in [9.17, 15) is 19.8 Å². The average molecular weight is 698 g/mol. The normalized spacial score (nSPS) is 18.7. The van der Waals surface area contributed by atoms with Crippen molar-refractivity contribution in [2.75, 3.05) is 0 Å². The van der Waals surface area contributed by atoms with Gasteiger partial charge in [-0.3, -0.25) is 9.59 Å². The Balaban J connectivity index is 1.23. The molecule has 43 heavy (non-hydrogen) atoms. The quantitative estimate of drug-likeness (QED) is 0.211. The van der Waals surface area contributed by atoms with E-state index in [1.807, 2.05) is 72.8 Å². The molecule has 0 radical (unpaired) electrons. The molecule has 0 aliphatic heterocycles. The van der Waals surface area contributed by atoms with Gasteiger partial charge in [-0.1, -0.05) is 80.4 Å². The number of hydrogen-bond acceptors (Lipinski definition) is 4. The zero-order valence-electron chi connectivity index (χ0n) is 23.4. The van der Waals surface area contributed by atoms with Gasteiger partial charge in [0, 0.05) is 21.8 Å². The first kappa shape index (κ1) is 29.3. The molecule has 4 nitrogen and oxygen atoms in total. The van der Waals surface area contributed by atoms with Crippen LogP contribution in [-0.4, -0.2) is 21.8 Å². The molecule has 4 aromatic rings. The van der Waals surface area contributed by atoms with Crippen LogP contribution in [-0.2, 0) is 16.0 Å². The molecule has 0 saturated heterocycles. The number of ketones is 2. The van der Waals surface area contributed by atoms with Crippen molar-refractivity contribution in [2.45, 2.75) is 43.9 Å². The second kappa shape index (κ2) is 12.5. The average Bonchev–Trinajstić information content (AvgIpc) is 2.99. The Morgan fingerprint density at radius 1 is 0.558 bits per heavy atom. The smallest absolute Gasteiger partial charge is 0.156 e. The molecular formula is C37H30Br2O4. The number of halogens is 2. The van der Waals surface area contributed by atoms with Crippen molar-refractivity contribution in [3.8, 4) is 11.5 Å². The predicted octanol–water partition coefficient (Wildman–Crippen LogP) is 9.27. The summed E-state index contributed by atoms with van der Waals surface area (Å²) in [5.41, 5.74) is 7.52. The van der Waals surface area contributed by atoms with Crippen molar-refractivity contribution in [3.05, 3.63) is 139 Å². The van der Waals surface area contributed by atoms with Gasteiger partial charge in [0.25, 0.3) is 0 Å². The fourth-order valence-electron chi connectivity index (χ4n) is 6.27. The SMILES string of the molecule is O=C1C=C(c2ccc(Br)cc2)CC(c2cc(Cc3ccc(O)c(C4CC(=O)C=C(c5ccc(Br)cc5)C4)c3)ccc2O)C1. The Morgan fingerprint density at radius 2 is 0.953 bits per heavy atom. The highest BCUT2D eigenvalue weighted by molar-refractivity contribution is 9.10. The molecule has 2 atom stereocenters. The molecule has 0 aromatic heterocycles. The predicted molar refractivity (Wildman–Crippen MR) is 177 cm³/mol. The highest BCUT2D eigenvalue weighted by Crippen LogP contribution is 2.42. The summed E-state index contributed by atoms with van der Waals surface area (Å²) >= 11 is 6.94. The third kappa shape index (κ3) is 6.76. The molecule has 0 saturated carbocycles. The van der Waals surface area contributed by atoms with Crippen LogP contribution in [0, 0.1) is 0 Å². The zero-order chi connectivity index (χ0) is 30.1. The number of aromatic hydroxyl groups is 2. The first-order chi connectivity index (χ1) is 20.7. The van der Waals surface area contributed by atoms with Gasteiger partial charge in [-0.2, -0.15) is 0 Å². The molecule has 6 heteroatoms. The number of hydrogen-bond donors (Lipinski definition) is 2. The van der Waals surface area contributed by atoms with E-state index in [-0.39, 0.29) is 34.9 Å². The number of benzene rings is 4. The summed E-state index contributed by atoms with van der Waals surface area (Å²) in [6.45, 7) is 0. The van der Waals surface area contributed by atoms with E-state index in [1.165, 1.54) is 0 Å². The van der Waals surface area contributed by atoms with Gasteiger partial charge < -0.3 is 10.2 Å². The fourth-order valence-corrected chi connectivity index (χ4v) is 6.80. The van der Waals surface area contributed by atoms with Crippen LogP contribution < -0.4 is 0 Å². The first-order valence-corrected chi connectivity index (χ1v) is 15.9. The minimum atomic E-state index is -0.122. The third-order valence-corrected chi connectivity index (χ3v) is 9.46. The lowest BCUT2D eigenvalue weighted by Gasteiger charge is -2.25. The number of rotatable bonds is 6. The van der Waals surface area contributed by atoms with Crippen LogP contribution >= 0.6 is 31.9 Å². The van der Waals surface area contributed by atoms with E-state index < -0.39 is 0 Å². The lowest BCUT2D eigenvalue weighted by molar-refractivity contribution is -0.116. The lowest BCUT2D eigenvalue weighted by atomic mass is 9.79. The molecule has 2 unspecified atom stereocenters. The van der Waals surface area contributed by atoms with Gasteiger partial charge in [0.1, 0.15) is 11.5 Å². The Morgan fingerprint density at radius 3 is 1.35 bits per heavy atom. The van der Waals surface area contributed by atoms with E-state index >= 15 is 0 Å². The Hall–Kier alpha value is -3.74. The van der Waals surface area contributed by atoms with Gasteiger partial charge >= 0.3 is 0 Å². The van der Waals surface area contributed by atoms with Gasteiger partial charge in [0.2, 0.25) is 0 Å².